The van der Waals surface area contributed by atoms with Crippen LogP contribution in [-0.2, 0) is 11.2 Å². The summed E-state index contributed by atoms with van der Waals surface area (Å²) >= 11 is 12.5. The van der Waals surface area contributed by atoms with Crippen LogP contribution in [0.3, 0.4) is 0 Å². The average molecular weight is 428 g/mol. The molecule has 1 amide bonds. The number of hydrogen-bond acceptors (Lipinski definition) is 2. The van der Waals surface area contributed by atoms with Crippen LogP contribution >= 0.6 is 23.2 Å². The van der Waals surface area contributed by atoms with Crippen LogP contribution in [0.1, 0.15) is 33.6 Å². The van der Waals surface area contributed by atoms with Crippen molar-refractivity contribution in [2.75, 3.05) is 0 Å². The van der Waals surface area contributed by atoms with E-state index >= 15 is 0 Å². The molecule has 6 heteroatoms. The van der Waals surface area contributed by atoms with Gasteiger partial charge >= 0.3 is 0 Å². The Hall–Kier alpha value is -2.56. The maximum Gasteiger partial charge on any atom is 0.244 e. The molecule has 3 rings (SSSR count). The van der Waals surface area contributed by atoms with Crippen LogP contribution in [0, 0.1) is 27.7 Å². The van der Waals surface area contributed by atoms with Gasteiger partial charge in [0.2, 0.25) is 5.91 Å². The summed E-state index contributed by atoms with van der Waals surface area (Å²) in [6, 6.07) is 13.6. The maximum absolute atomic E-state index is 12.2. The lowest BCUT2D eigenvalue weighted by atomic mass is 10.0. The number of carbonyl (C=O) groups excluding carboxylic acids is 1. The summed E-state index contributed by atoms with van der Waals surface area (Å²) in [6.07, 6.45) is 1.94. The average Bonchev–Trinajstić information content (AvgIpc) is 2.94. The van der Waals surface area contributed by atoms with Gasteiger partial charge in [-0.3, -0.25) is 4.79 Å². The van der Waals surface area contributed by atoms with Crippen molar-refractivity contribution in [1.82, 2.24) is 9.99 Å². The van der Waals surface area contributed by atoms with Crippen molar-refractivity contribution in [3.05, 3.63) is 86.2 Å². The molecule has 0 fully saturated rings. The van der Waals surface area contributed by atoms with Gasteiger partial charge in [-0.1, -0.05) is 53.0 Å². The molecule has 0 aliphatic carbocycles. The van der Waals surface area contributed by atoms with E-state index < -0.39 is 0 Å². The predicted octanol–water partition coefficient (Wildman–Crippen LogP) is 5.71. The van der Waals surface area contributed by atoms with Crippen LogP contribution in [0.5, 0.6) is 0 Å². The molecule has 3 aromatic rings. The molecule has 0 saturated heterocycles. The van der Waals surface area contributed by atoms with E-state index in [9.17, 15) is 4.79 Å². The molecule has 0 saturated carbocycles. The number of halogens is 2. The van der Waals surface area contributed by atoms with Gasteiger partial charge in [0.15, 0.2) is 0 Å². The molecule has 1 N–H and O–H groups in total. The number of amides is 1. The van der Waals surface area contributed by atoms with E-state index in [4.69, 9.17) is 23.2 Å². The van der Waals surface area contributed by atoms with Gasteiger partial charge in [0.25, 0.3) is 0 Å². The fourth-order valence-electron chi connectivity index (χ4n) is 3.38. The van der Waals surface area contributed by atoms with E-state index in [1.165, 1.54) is 5.56 Å². The first kappa shape index (κ1) is 21.2. The lowest BCUT2D eigenvalue weighted by molar-refractivity contribution is -0.120. The first-order valence-electron chi connectivity index (χ1n) is 9.29. The fraction of sp³-hybridized carbons (Fsp3) is 0.217. The van der Waals surface area contributed by atoms with Crippen molar-refractivity contribution in [2.24, 2.45) is 5.10 Å². The van der Waals surface area contributed by atoms with Crippen molar-refractivity contribution in [1.29, 1.82) is 0 Å². The fourth-order valence-corrected chi connectivity index (χ4v) is 3.76. The molecule has 0 atom stereocenters. The molecule has 0 aliphatic heterocycles. The molecule has 1 heterocycles. The first-order chi connectivity index (χ1) is 13.8. The molecule has 29 heavy (non-hydrogen) atoms. The Morgan fingerprint density at radius 2 is 1.86 bits per heavy atom. The molecule has 0 spiro atoms. The Balaban J connectivity index is 1.74. The number of aromatic nitrogens is 1. The zero-order valence-electron chi connectivity index (χ0n) is 16.9. The number of carbonyl (C=O) groups is 1. The second-order valence-corrected chi connectivity index (χ2v) is 7.92. The number of aryl methyl sites for hydroxylation is 3. The summed E-state index contributed by atoms with van der Waals surface area (Å²) in [5, 5.41) is 5.14. The Morgan fingerprint density at radius 3 is 2.59 bits per heavy atom. The molecule has 150 valence electrons. The zero-order chi connectivity index (χ0) is 21.1. The first-order valence-corrected chi connectivity index (χ1v) is 10.0. The molecule has 2 aromatic carbocycles. The van der Waals surface area contributed by atoms with E-state index in [1.54, 1.807) is 12.3 Å². The topological polar surface area (TPSA) is 46.4 Å². The quantitative estimate of drug-likeness (QED) is 0.411. The van der Waals surface area contributed by atoms with E-state index in [1.807, 2.05) is 62.6 Å². The van der Waals surface area contributed by atoms with E-state index in [0.717, 1.165) is 33.8 Å². The summed E-state index contributed by atoms with van der Waals surface area (Å²) in [6.45, 7) is 8.01. The van der Waals surface area contributed by atoms with Crippen molar-refractivity contribution < 1.29 is 4.79 Å². The highest BCUT2D eigenvalue weighted by molar-refractivity contribution is 6.43. The largest absolute Gasteiger partial charge is 0.316 e. The third kappa shape index (κ3) is 4.72. The highest BCUT2D eigenvalue weighted by Crippen LogP contribution is 2.31. The summed E-state index contributed by atoms with van der Waals surface area (Å²) in [4.78, 5) is 12.2. The summed E-state index contributed by atoms with van der Waals surface area (Å²) in [7, 11) is 0. The van der Waals surface area contributed by atoms with Crippen LogP contribution in [0.15, 0.2) is 47.6 Å². The molecule has 0 aliphatic rings. The number of hydrogen-bond donors (Lipinski definition) is 1. The third-order valence-corrected chi connectivity index (χ3v) is 5.69. The van der Waals surface area contributed by atoms with E-state index in [2.05, 4.69) is 16.6 Å². The van der Waals surface area contributed by atoms with Gasteiger partial charge in [-0.05, 0) is 57.0 Å². The molecule has 4 nitrogen and oxygen atoms in total. The number of benzene rings is 2. The minimum absolute atomic E-state index is 0.153. The standard InChI is InChI=1S/C23H23Cl2N3O/c1-14-8-9-18(15(2)10-14)12-22(29)27-26-13-19-11-16(3)28(17(19)4)21-7-5-6-20(24)23(21)25/h5-11,13H,12H2,1-4H3,(H,27,29)/b26-13+. The van der Waals surface area contributed by atoms with E-state index in [0.29, 0.717) is 16.5 Å². The molecule has 0 radical (unpaired) electrons. The van der Waals surface area contributed by atoms with Gasteiger partial charge in [-0.25, -0.2) is 5.43 Å². The lowest BCUT2D eigenvalue weighted by Crippen LogP contribution is -2.20. The SMILES string of the molecule is Cc1ccc(CC(=O)N/N=C/c2cc(C)n(-c3cccc(Cl)c3Cl)c2C)c(C)c1. The smallest absolute Gasteiger partial charge is 0.244 e. The normalized spacial score (nSPS) is 11.2. The van der Waals surface area contributed by atoms with Crippen LogP contribution < -0.4 is 5.43 Å². The second kappa shape index (κ2) is 8.85. The monoisotopic (exact) mass is 427 g/mol. The lowest BCUT2D eigenvalue weighted by Gasteiger charge is -2.12. The van der Waals surface area contributed by atoms with Crippen LogP contribution in [0.2, 0.25) is 10.0 Å². The number of nitrogens with one attached hydrogen (secondary N) is 1. The Labute approximate surface area is 181 Å². The Bertz CT molecular complexity index is 1100. The molecule has 0 unspecified atom stereocenters. The van der Waals surface area contributed by atoms with Gasteiger partial charge in [0, 0.05) is 17.0 Å². The van der Waals surface area contributed by atoms with Crippen molar-refractivity contribution in [2.45, 2.75) is 34.1 Å². The van der Waals surface area contributed by atoms with Crippen LogP contribution in [0.4, 0.5) is 0 Å². The van der Waals surface area contributed by atoms with Crippen molar-refractivity contribution in [3.8, 4) is 5.69 Å². The van der Waals surface area contributed by atoms with Crippen molar-refractivity contribution in [3.63, 3.8) is 0 Å². The number of nitrogens with zero attached hydrogens (tertiary/aromatic N) is 2. The predicted molar refractivity (Wildman–Crippen MR) is 121 cm³/mol. The molecule has 0 bridgehead atoms. The van der Waals surface area contributed by atoms with Crippen LogP contribution in [0.25, 0.3) is 5.69 Å². The van der Waals surface area contributed by atoms with Gasteiger partial charge < -0.3 is 4.57 Å². The minimum atomic E-state index is -0.153. The maximum atomic E-state index is 12.2. The van der Waals surface area contributed by atoms with Gasteiger partial charge in [0.1, 0.15) is 0 Å². The Kier molecular flexibility index (Phi) is 6.46. The van der Waals surface area contributed by atoms with E-state index in [-0.39, 0.29) is 5.91 Å². The van der Waals surface area contributed by atoms with Gasteiger partial charge in [-0.2, -0.15) is 5.10 Å². The summed E-state index contributed by atoms with van der Waals surface area (Å²) < 4.78 is 2.02. The van der Waals surface area contributed by atoms with Crippen LogP contribution in [-0.4, -0.2) is 16.7 Å². The minimum Gasteiger partial charge on any atom is -0.316 e. The Morgan fingerprint density at radius 1 is 1.10 bits per heavy atom. The molecule has 1 aromatic heterocycles. The number of hydrazone groups is 1. The molecular weight excluding hydrogens is 405 g/mol. The number of rotatable bonds is 5. The highest BCUT2D eigenvalue weighted by atomic mass is 35.5. The van der Waals surface area contributed by atoms with Gasteiger partial charge in [0.05, 0.1) is 28.4 Å². The zero-order valence-corrected chi connectivity index (χ0v) is 18.4. The summed E-state index contributed by atoms with van der Waals surface area (Å²) in [5.41, 5.74) is 9.55. The molecular formula is C23H23Cl2N3O. The van der Waals surface area contributed by atoms with Crippen molar-refractivity contribution >= 4 is 35.3 Å². The highest BCUT2D eigenvalue weighted by Gasteiger charge is 2.13. The second-order valence-electron chi connectivity index (χ2n) is 7.13. The third-order valence-electron chi connectivity index (χ3n) is 4.88. The van der Waals surface area contributed by atoms with Gasteiger partial charge in [-0.15, -0.1) is 0 Å². The summed E-state index contributed by atoms with van der Waals surface area (Å²) in [5.74, 6) is -0.153.